The predicted molar refractivity (Wildman–Crippen MR) is 103 cm³/mol. The SMILES string of the molecule is CC(O)C1CCN(c2cc(N3CCC(N4CCC(N)CC4)C3)ncn2)C1. The van der Waals surface area contributed by atoms with Gasteiger partial charge in [0.05, 0.1) is 6.10 Å². The van der Waals surface area contributed by atoms with E-state index in [2.05, 4.69) is 30.7 Å². The zero-order chi connectivity index (χ0) is 18.1. The summed E-state index contributed by atoms with van der Waals surface area (Å²) in [5, 5.41) is 9.83. The highest BCUT2D eigenvalue weighted by atomic mass is 16.3. The molecule has 0 saturated carbocycles. The molecule has 4 heterocycles. The third kappa shape index (κ3) is 3.80. The summed E-state index contributed by atoms with van der Waals surface area (Å²) in [5.74, 6) is 2.37. The molecule has 0 amide bonds. The molecule has 3 fully saturated rings. The first-order valence-electron chi connectivity index (χ1n) is 10.1. The number of aliphatic hydroxyl groups excluding tert-OH is 1. The second-order valence-corrected chi connectivity index (χ2v) is 8.23. The van der Waals surface area contributed by atoms with Gasteiger partial charge >= 0.3 is 0 Å². The highest BCUT2D eigenvalue weighted by Crippen LogP contribution is 2.28. The Bertz CT molecular complexity index is 603. The fourth-order valence-electron chi connectivity index (χ4n) is 4.60. The summed E-state index contributed by atoms with van der Waals surface area (Å²) >= 11 is 0. The van der Waals surface area contributed by atoms with Gasteiger partial charge in [-0.2, -0.15) is 0 Å². The smallest absolute Gasteiger partial charge is 0.134 e. The van der Waals surface area contributed by atoms with Gasteiger partial charge < -0.3 is 20.6 Å². The van der Waals surface area contributed by atoms with Gasteiger partial charge in [-0.25, -0.2) is 9.97 Å². The molecule has 0 spiro atoms. The third-order valence-corrected chi connectivity index (χ3v) is 6.45. The molecule has 0 aromatic carbocycles. The first-order chi connectivity index (χ1) is 12.6. The molecule has 0 bridgehead atoms. The van der Waals surface area contributed by atoms with Crippen molar-refractivity contribution in [2.24, 2.45) is 11.7 Å². The van der Waals surface area contributed by atoms with Crippen LogP contribution in [0.15, 0.2) is 12.4 Å². The van der Waals surface area contributed by atoms with Crippen LogP contribution in [0.25, 0.3) is 0 Å². The van der Waals surface area contributed by atoms with E-state index < -0.39 is 0 Å². The Morgan fingerprint density at radius 2 is 1.65 bits per heavy atom. The van der Waals surface area contributed by atoms with Gasteiger partial charge in [0.1, 0.15) is 18.0 Å². The lowest BCUT2D eigenvalue weighted by atomic mass is 10.0. The van der Waals surface area contributed by atoms with Gasteiger partial charge in [0.2, 0.25) is 0 Å². The van der Waals surface area contributed by atoms with Crippen LogP contribution in [0.4, 0.5) is 11.6 Å². The zero-order valence-electron chi connectivity index (χ0n) is 15.8. The largest absolute Gasteiger partial charge is 0.393 e. The van der Waals surface area contributed by atoms with Gasteiger partial charge in [-0.1, -0.05) is 0 Å². The lowest BCUT2D eigenvalue weighted by molar-refractivity contribution is 0.136. The molecule has 3 atom stereocenters. The minimum atomic E-state index is -0.252. The maximum Gasteiger partial charge on any atom is 0.134 e. The van der Waals surface area contributed by atoms with Gasteiger partial charge in [0.25, 0.3) is 0 Å². The summed E-state index contributed by atoms with van der Waals surface area (Å²) in [7, 11) is 0. The molecule has 1 aromatic rings. The molecule has 7 nitrogen and oxygen atoms in total. The van der Waals surface area contributed by atoms with E-state index >= 15 is 0 Å². The average Bonchev–Trinajstić information content (AvgIpc) is 3.33. The van der Waals surface area contributed by atoms with Gasteiger partial charge in [-0.05, 0) is 45.7 Å². The van der Waals surface area contributed by atoms with Crippen molar-refractivity contribution in [1.29, 1.82) is 0 Å². The molecule has 26 heavy (non-hydrogen) atoms. The van der Waals surface area contributed by atoms with Crippen LogP contribution >= 0.6 is 0 Å². The predicted octanol–water partition coefficient (Wildman–Crippen LogP) is 0.686. The molecule has 144 valence electrons. The lowest BCUT2D eigenvalue weighted by Crippen LogP contribution is -2.46. The molecular formula is C19H32N6O. The quantitative estimate of drug-likeness (QED) is 0.817. The fourth-order valence-corrected chi connectivity index (χ4v) is 4.60. The Morgan fingerprint density at radius 1 is 1.00 bits per heavy atom. The first-order valence-corrected chi connectivity index (χ1v) is 10.1. The topological polar surface area (TPSA) is 81.8 Å². The number of nitrogens with zero attached hydrogens (tertiary/aromatic N) is 5. The minimum absolute atomic E-state index is 0.252. The molecule has 0 aliphatic carbocycles. The lowest BCUT2D eigenvalue weighted by Gasteiger charge is -2.34. The normalized spacial score (nSPS) is 29.5. The van der Waals surface area contributed by atoms with Crippen LogP contribution in [0.1, 0.15) is 32.6 Å². The molecule has 3 aliphatic heterocycles. The third-order valence-electron chi connectivity index (χ3n) is 6.45. The Balaban J connectivity index is 1.38. The van der Waals surface area contributed by atoms with Gasteiger partial charge in [-0.3, -0.25) is 4.90 Å². The summed E-state index contributed by atoms with van der Waals surface area (Å²) in [4.78, 5) is 16.3. The van der Waals surface area contributed by atoms with E-state index in [1.165, 1.54) is 6.42 Å². The summed E-state index contributed by atoms with van der Waals surface area (Å²) < 4.78 is 0. The highest BCUT2D eigenvalue weighted by molar-refractivity contribution is 5.51. The number of nitrogens with two attached hydrogens (primary N) is 1. The number of anilines is 2. The molecule has 7 heteroatoms. The van der Waals surface area contributed by atoms with E-state index in [4.69, 9.17) is 5.73 Å². The van der Waals surface area contributed by atoms with Crippen molar-refractivity contribution < 1.29 is 5.11 Å². The van der Waals surface area contributed by atoms with Crippen LogP contribution in [-0.4, -0.2) is 77.4 Å². The summed E-state index contributed by atoms with van der Waals surface area (Å²) in [5.41, 5.74) is 6.04. The van der Waals surface area contributed by atoms with Crippen LogP contribution in [0.2, 0.25) is 0 Å². The van der Waals surface area contributed by atoms with Gasteiger partial charge in [0, 0.05) is 50.2 Å². The van der Waals surface area contributed by atoms with Gasteiger partial charge in [0.15, 0.2) is 0 Å². The monoisotopic (exact) mass is 360 g/mol. The van der Waals surface area contributed by atoms with Gasteiger partial charge in [-0.15, -0.1) is 0 Å². The second-order valence-electron chi connectivity index (χ2n) is 8.23. The molecule has 4 rings (SSSR count). The molecule has 1 aromatic heterocycles. The number of piperidine rings is 1. The van der Waals surface area contributed by atoms with E-state index in [1.807, 2.05) is 6.92 Å². The number of hydrogen-bond acceptors (Lipinski definition) is 7. The zero-order valence-corrected chi connectivity index (χ0v) is 15.8. The molecule has 3 N–H and O–H groups in total. The standard InChI is InChI=1S/C19H32N6O/c1-14(26)15-2-6-24(11-15)18-10-19(22-13-21-18)25-9-5-17(12-25)23-7-3-16(20)4-8-23/h10,13-17,26H,2-9,11-12,20H2,1H3. The molecule has 0 radical (unpaired) electrons. The van der Waals surface area contributed by atoms with Crippen LogP contribution < -0.4 is 15.5 Å². The second kappa shape index (κ2) is 7.66. The first kappa shape index (κ1) is 17.9. The number of hydrogen-bond donors (Lipinski definition) is 2. The summed E-state index contributed by atoms with van der Waals surface area (Å²) in [6.07, 6.45) is 5.90. The Kier molecular flexibility index (Phi) is 5.29. The van der Waals surface area contributed by atoms with Crippen LogP contribution in [-0.2, 0) is 0 Å². The van der Waals surface area contributed by atoms with E-state index in [-0.39, 0.29) is 6.10 Å². The molecule has 3 aliphatic rings. The Hall–Kier alpha value is -1.44. The van der Waals surface area contributed by atoms with Crippen molar-refractivity contribution in [1.82, 2.24) is 14.9 Å². The minimum Gasteiger partial charge on any atom is -0.393 e. The summed E-state index contributed by atoms with van der Waals surface area (Å²) in [6, 6.07) is 3.13. The van der Waals surface area contributed by atoms with E-state index in [0.717, 1.165) is 70.2 Å². The van der Waals surface area contributed by atoms with Crippen molar-refractivity contribution in [3.05, 3.63) is 12.4 Å². The van der Waals surface area contributed by atoms with Crippen LogP contribution in [0.3, 0.4) is 0 Å². The van der Waals surface area contributed by atoms with E-state index in [1.54, 1.807) is 6.33 Å². The van der Waals surface area contributed by atoms with Crippen molar-refractivity contribution in [2.75, 3.05) is 49.1 Å². The Labute approximate surface area is 156 Å². The molecular weight excluding hydrogens is 328 g/mol. The van der Waals surface area contributed by atoms with Crippen LogP contribution in [0.5, 0.6) is 0 Å². The average molecular weight is 361 g/mol. The van der Waals surface area contributed by atoms with Crippen molar-refractivity contribution in [3.63, 3.8) is 0 Å². The van der Waals surface area contributed by atoms with Crippen molar-refractivity contribution in [2.45, 2.75) is 50.8 Å². The fraction of sp³-hybridized carbons (Fsp3) is 0.789. The number of rotatable bonds is 4. The van der Waals surface area contributed by atoms with E-state index in [9.17, 15) is 5.11 Å². The number of likely N-dealkylation sites (tertiary alicyclic amines) is 1. The molecule has 3 unspecified atom stereocenters. The number of aliphatic hydroxyl groups is 1. The van der Waals surface area contributed by atoms with Crippen molar-refractivity contribution >= 4 is 11.6 Å². The van der Waals surface area contributed by atoms with Crippen LogP contribution in [0, 0.1) is 5.92 Å². The van der Waals surface area contributed by atoms with E-state index in [0.29, 0.717) is 18.0 Å². The summed E-state index contributed by atoms with van der Waals surface area (Å²) in [6.45, 7) is 8.08. The number of aromatic nitrogens is 2. The maximum atomic E-state index is 9.83. The highest BCUT2D eigenvalue weighted by Gasteiger charge is 2.31. The van der Waals surface area contributed by atoms with Crippen molar-refractivity contribution in [3.8, 4) is 0 Å². The Morgan fingerprint density at radius 3 is 2.31 bits per heavy atom. The maximum absolute atomic E-state index is 9.83. The molecule has 3 saturated heterocycles.